The molecule has 23 heavy (non-hydrogen) atoms. The van der Waals surface area contributed by atoms with E-state index in [0.717, 1.165) is 31.2 Å². The van der Waals surface area contributed by atoms with Gasteiger partial charge >= 0.3 is 0 Å². The van der Waals surface area contributed by atoms with Crippen LogP contribution < -0.4 is 10.6 Å². The molecule has 0 unspecified atom stereocenters. The van der Waals surface area contributed by atoms with Crippen molar-refractivity contribution in [1.82, 2.24) is 10.6 Å². The maximum absolute atomic E-state index is 12.2. The van der Waals surface area contributed by atoms with Crippen LogP contribution in [0.5, 0.6) is 0 Å². The largest absolute Gasteiger partial charge is 0.348 e. The van der Waals surface area contributed by atoms with Crippen molar-refractivity contribution in [2.75, 3.05) is 0 Å². The first kappa shape index (κ1) is 18.1. The zero-order valence-electron chi connectivity index (χ0n) is 13.4. The van der Waals surface area contributed by atoms with Crippen molar-refractivity contribution in [2.45, 2.75) is 51.6 Å². The molecule has 1 aliphatic rings. The van der Waals surface area contributed by atoms with Crippen LogP contribution in [0.15, 0.2) is 18.2 Å². The van der Waals surface area contributed by atoms with Crippen LogP contribution in [0, 0.1) is 5.92 Å². The molecule has 1 saturated carbocycles. The number of hydrogen-bond donors (Lipinski definition) is 2. The van der Waals surface area contributed by atoms with E-state index in [1.165, 1.54) is 0 Å². The van der Waals surface area contributed by atoms with Gasteiger partial charge in [-0.1, -0.05) is 42.1 Å². The highest BCUT2D eigenvalue weighted by Crippen LogP contribution is 2.26. The highest BCUT2D eigenvalue weighted by atomic mass is 35.5. The van der Waals surface area contributed by atoms with Crippen LogP contribution in [0.25, 0.3) is 0 Å². The summed E-state index contributed by atoms with van der Waals surface area (Å²) in [5.41, 5.74) is 0.863. The van der Waals surface area contributed by atoms with Crippen molar-refractivity contribution in [3.05, 3.63) is 33.8 Å². The molecule has 0 radical (unpaired) electrons. The quantitative estimate of drug-likeness (QED) is 0.841. The minimum atomic E-state index is -0.562. The van der Waals surface area contributed by atoms with Gasteiger partial charge < -0.3 is 10.6 Å². The number of hydrogen-bond acceptors (Lipinski definition) is 2. The summed E-state index contributed by atoms with van der Waals surface area (Å²) in [5.74, 6) is -0.181. The molecule has 2 atom stereocenters. The van der Waals surface area contributed by atoms with Crippen molar-refractivity contribution in [1.29, 1.82) is 0 Å². The van der Waals surface area contributed by atoms with Crippen molar-refractivity contribution in [3.8, 4) is 0 Å². The molecular formula is C17H22Cl2N2O2. The van der Waals surface area contributed by atoms with E-state index in [2.05, 4.69) is 10.6 Å². The molecule has 126 valence electrons. The molecule has 0 aliphatic heterocycles. The van der Waals surface area contributed by atoms with E-state index >= 15 is 0 Å². The standard InChI is InChI=1S/C17H22Cl2N2O2/c1-10(13-7-8-14(18)15(19)9-13)20-16(22)11(2)21-17(23)12-5-3-4-6-12/h7-12H,3-6H2,1-2H3,(H,20,22)(H,21,23)/t10-,11-/m1/s1. The molecule has 0 bridgehead atoms. The van der Waals surface area contributed by atoms with Gasteiger partial charge in [0.15, 0.2) is 0 Å². The van der Waals surface area contributed by atoms with Crippen LogP contribution in [0.1, 0.15) is 51.1 Å². The van der Waals surface area contributed by atoms with Gasteiger partial charge in [0.05, 0.1) is 16.1 Å². The SMILES string of the molecule is C[C@@H](NC(=O)C1CCCC1)C(=O)N[C@H](C)c1ccc(Cl)c(Cl)c1. The highest BCUT2D eigenvalue weighted by Gasteiger charge is 2.26. The summed E-state index contributed by atoms with van der Waals surface area (Å²) in [7, 11) is 0. The fraction of sp³-hybridized carbons (Fsp3) is 0.529. The van der Waals surface area contributed by atoms with Gasteiger partial charge in [0.2, 0.25) is 11.8 Å². The summed E-state index contributed by atoms with van der Waals surface area (Å²) in [6, 6.07) is 4.47. The van der Waals surface area contributed by atoms with E-state index < -0.39 is 6.04 Å². The van der Waals surface area contributed by atoms with Crippen molar-refractivity contribution >= 4 is 35.0 Å². The monoisotopic (exact) mass is 356 g/mol. The van der Waals surface area contributed by atoms with Gasteiger partial charge in [0, 0.05) is 5.92 Å². The summed E-state index contributed by atoms with van der Waals surface area (Å²) in [5, 5.41) is 6.61. The Morgan fingerprint density at radius 3 is 2.35 bits per heavy atom. The molecule has 2 N–H and O–H groups in total. The molecule has 1 aromatic carbocycles. The lowest BCUT2D eigenvalue weighted by atomic mass is 10.1. The maximum atomic E-state index is 12.2. The van der Waals surface area contributed by atoms with E-state index in [0.29, 0.717) is 10.0 Å². The van der Waals surface area contributed by atoms with Crippen LogP contribution in [-0.4, -0.2) is 17.9 Å². The van der Waals surface area contributed by atoms with Gasteiger partial charge in [0.1, 0.15) is 6.04 Å². The molecule has 0 heterocycles. The minimum absolute atomic E-state index is 0.0210. The lowest BCUT2D eigenvalue weighted by molar-refractivity contribution is -0.131. The molecule has 6 heteroatoms. The molecule has 0 spiro atoms. The van der Waals surface area contributed by atoms with E-state index in [4.69, 9.17) is 23.2 Å². The first-order valence-corrected chi connectivity index (χ1v) is 8.69. The predicted molar refractivity (Wildman–Crippen MR) is 92.6 cm³/mol. The van der Waals surface area contributed by atoms with Crippen LogP contribution in [0.3, 0.4) is 0 Å². The van der Waals surface area contributed by atoms with E-state index in [9.17, 15) is 9.59 Å². The molecule has 2 rings (SSSR count). The first-order valence-electron chi connectivity index (χ1n) is 7.94. The third kappa shape index (κ3) is 4.85. The Hall–Kier alpha value is -1.26. The second kappa shape index (κ2) is 8.02. The number of carbonyl (C=O) groups is 2. The Labute approximate surface area is 146 Å². The van der Waals surface area contributed by atoms with Gasteiger partial charge in [-0.25, -0.2) is 0 Å². The van der Waals surface area contributed by atoms with Gasteiger partial charge in [0.25, 0.3) is 0 Å². The molecule has 2 amide bonds. The number of benzene rings is 1. The minimum Gasteiger partial charge on any atom is -0.348 e. The Balaban J connectivity index is 1.89. The fourth-order valence-electron chi connectivity index (χ4n) is 2.79. The maximum Gasteiger partial charge on any atom is 0.242 e. The van der Waals surface area contributed by atoms with Gasteiger partial charge in [-0.05, 0) is 44.4 Å². The molecule has 0 saturated heterocycles. The second-order valence-corrected chi connectivity index (χ2v) is 6.93. The van der Waals surface area contributed by atoms with Crippen LogP contribution in [0.4, 0.5) is 0 Å². The molecule has 0 aromatic heterocycles. The zero-order valence-corrected chi connectivity index (χ0v) is 14.9. The first-order chi connectivity index (χ1) is 10.9. The number of rotatable bonds is 5. The number of carbonyl (C=O) groups excluding carboxylic acids is 2. The summed E-state index contributed by atoms with van der Waals surface area (Å²) in [4.78, 5) is 24.3. The van der Waals surface area contributed by atoms with Crippen molar-refractivity contribution < 1.29 is 9.59 Å². The number of amides is 2. The van der Waals surface area contributed by atoms with Gasteiger partial charge in [-0.3, -0.25) is 9.59 Å². The third-order valence-electron chi connectivity index (χ3n) is 4.28. The lowest BCUT2D eigenvalue weighted by Crippen LogP contribution is -2.47. The molecule has 1 fully saturated rings. The van der Waals surface area contributed by atoms with Crippen molar-refractivity contribution in [3.63, 3.8) is 0 Å². The summed E-state index contributed by atoms with van der Waals surface area (Å²) in [6.07, 6.45) is 4.01. The Bertz CT molecular complexity index is 586. The normalized spacial score (nSPS) is 17.6. The van der Waals surface area contributed by atoms with E-state index in [1.807, 2.05) is 13.0 Å². The Kier molecular flexibility index (Phi) is 6.31. The lowest BCUT2D eigenvalue weighted by Gasteiger charge is -2.20. The van der Waals surface area contributed by atoms with Crippen LogP contribution in [0.2, 0.25) is 10.0 Å². The van der Waals surface area contributed by atoms with Gasteiger partial charge in [-0.2, -0.15) is 0 Å². The average molecular weight is 357 g/mol. The van der Waals surface area contributed by atoms with E-state index in [-0.39, 0.29) is 23.8 Å². The van der Waals surface area contributed by atoms with Crippen molar-refractivity contribution in [2.24, 2.45) is 5.92 Å². The highest BCUT2D eigenvalue weighted by molar-refractivity contribution is 6.42. The molecular weight excluding hydrogens is 335 g/mol. The average Bonchev–Trinajstić information content (AvgIpc) is 3.04. The smallest absolute Gasteiger partial charge is 0.242 e. The molecule has 1 aromatic rings. The number of halogens is 2. The Morgan fingerprint density at radius 2 is 1.74 bits per heavy atom. The third-order valence-corrected chi connectivity index (χ3v) is 5.02. The summed E-state index contributed by atoms with van der Waals surface area (Å²) >= 11 is 11.9. The van der Waals surface area contributed by atoms with Crippen LogP contribution >= 0.6 is 23.2 Å². The summed E-state index contributed by atoms with van der Waals surface area (Å²) < 4.78 is 0. The molecule has 1 aliphatic carbocycles. The topological polar surface area (TPSA) is 58.2 Å². The fourth-order valence-corrected chi connectivity index (χ4v) is 3.09. The summed E-state index contributed by atoms with van der Waals surface area (Å²) in [6.45, 7) is 3.56. The second-order valence-electron chi connectivity index (χ2n) is 6.12. The Morgan fingerprint density at radius 1 is 1.09 bits per heavy atom. The predicted octanol–water partition coefficient (Wildman–Crippen LogP) is 3.87. The number of nitrogens with one attached hydrogen (secondary N) is 2. The van der Waals surface area contributed by atoms with E-state index in [1.54, 1.807) is 19.1 Å². The molecule has 4 nitrogen and oxygen atoms in total. The van der Waals surface area contributed by atoms with Crippen LogP contribution in [-0.2, 0) is 9.59 Å². The van der Waals surface area contributed by atoms with Gasteiger partial charge in [-0.15, -0.1) is 0 Å². The zero-order chi connectivity index (χ0) is 17.0.